The van der Waals surface area contributed by atoms with Crippen molar-refractivity contribution in [3.8, 4) is 11.5 Å². The second-order valence-electron chi connectivity index (χ2n) is 6.45. The molecule has 0 bridgehead atoms. The molecule has 1 aromatic heterocycles. The van der Waals surface area contributed by atoms with Crippen molar-refractivity contribution in [2.45, 2.75) is 33.7 Å². The van der Waals surface area contributed by atoms with Gasteiger partial charge in [0.2, 0.25) is 0 Å². The van der Waals surface area contributed by atoms with Crippen LogP contribution in [0.5, 0.6) is 11.5 Å². The van der Waals surface area contributed by atoms with Crippen LogP contribution < -0.4 is 14.3 Å². The monoisotopic (exact) mass is 384 g/mol. The molecular formula is C21H24N2O3S. The van der Waals surface area contributed by atoms with E-state index in [0.29, 0.717) is 17.1 Å². The van der Waals surface area contributed by atoms with Crippen molar-refractivity contribution in [3.05, 3.63) is 51.8 Å². The number of nitrogens with zero attached hydrogens (tertiary/aromatic N) is 2. The van der Waals surface area contributed by atoms with Gasteiger partial charge >= 0.3 is 0 Å². The van der Waals surface area contributed by atoms with Gasteiger partial charge in [0.25, 0.3) is 5.91 Å². The minimum atomic E-state index is -0.290. The summed E-state index contributed by atoms with van der Waals surface area (Å²) in [6.07, 6.45) is 0.969. The Labute approximate surface area is 162 Å². The van der Waals surface area contributed by atoms with Crippen LogP contribution in [0.25, 0.3) is 10.2 Å². The largest absolute Gasteiger partial charge is 0.493 e. The molecule has 0 saturated heterocycles. The minimum absolute atomic E-state index is 0.290. The van der Waals surface area contributed by atoms with E-state index in [0.717, 1.165) is 23.3 Å². The van der Waals surface area contributed by atoms with Crippen molar-refractivity contribution < 1.29 is 14.3 Å². The summed E-state index contributed by atoms with van der Waals surface area (Å²) in [4.78, 5) is 18.0. The Morgan fingerprint density at radius 3 is 2.52 bits per heavy atom. The number of benzene rings is 2. The number of aryl methyl sites for hydroxylation is 3. The number of fused-ring (bicyclic) bond motifs is 1. The summed E-state index contributed by atoms with van der Waals surface area (Å²) in [5, 5.41) is 0. The molecule has 0 fully saturated rings. The van der Waals surface area contributed by atoms with Gasteiger partial charge in [-0.2, -0.15) is 4.99 Å². The first-order chi connectivity index (χ1) is 13.0. The van der Waals surface area contributed by atoms with Gasteiger partial charge < -0.3 is 14.0 Å². The van der Waals surface area contributed by atoms with Gasteiger partial charge in [0.15, 0.2) is 16.3 Å². The second kappa shape index (κ2) is 7.96. The molecule has 5 nitrogen and oxygen atoms in total. The number of hydrogen-bond acceptors (Lipinski definition) is 4. The second-order valence-corrected chi connectivity index (χ2v) is 7.43. The summed E-state index contributed by atoms with van der Waals surface area (Å²) in [7, 11) is 3.12. The fraction of sp³-hybridized carbons (Fsp3) is 0.333. The number of thiazole rings is 1. The van der Waals surface area contributed by atoms with Crippen LogP contribution in [-0.2, 0) is 6.54 Å². The Morgan fingerprint density at radius 2 is 1.85 bits per heavy atom. The molecule has 0 aliphatic carbocycles. The predicted octanol–water partition coefficient (Wildman–Crippen LogP) is 4.49. The Bertz CT molecular complexity index is 1060. The number of amides is 1. The van der Waals surface area contributed by atoms with Crippen LogP contribution in [-0.4, -0.2) is 24.7 Å². The zero-order chi connectivity index (χ0) is 19.6. The molecular weight excluding hydrogens is 360 g/mol. The van der Waals surface area contributed by atoms with E-state index < -0.39 is 0 Å². The maximum Gasteiger partial charge on any atom is 0.279 e. The molecule has 0 aliphatic heterocycles. The normalized spacial score (nSPS) is 11.8. The molecule has 0 atom stereocenters. The molecule has 0 radical (unpaired) electrons. The van der Waals surface area contributed by atoms with E-state index >= 15 is 0 Å². The number of ether oxygens (including phenoxy) is 2. The molecule has 1 heterocycles. The third kappa shape index (κ3) is 3.76. The van der Waals surface area contributed by atoms with Gasteiger partial charge in [0, 0.05) is 12.1 Å². The highest BCUT2D eigenvalue weighted by molar-refractivity contribution is 7.16. The average Bonchev–Trinajstić information content (AvgIpc) is 2.99. The summed E-state index contributed by atoms with van der Waals surface area (Å²) in [6, 6.07) is 9.42. The van der Waals surface area contributed by atoms with E-state index in [1.165, 1.54) is 15.8 Å². The third-order valence-electron chi connectivity index (χ3n) is 4.39. The lowest BCUT2D eigenvalue weighted by molar-refractivity contribution is 0.0997. The summed E-state index contributed by atoms with van der Waals surface area (Å²) in [5.74, 6) is 0.813. The lowest BCUT2D eigenvalue weighted by atomic mass is 10.1. The maximum absolute atomic E-state index is 12.8. The first kappa shape index (κ1) is 19.2. The molecule has 1 amide bonds. The van der Waals surface area contributed by atoms with E-state index in [1.807, 2.05) is 0 Å². The minimum Gasteiger partial charge on any atom is -0.493 e. The molecule has 0 unspecified atom stereocenters. The highest BCUT2D eigenvalue weighted by Gasteiger charge is 2.13. The highest BCUT2D eigenvalue weighted by atomic mass is 32.1. The van der Waals surface area contributed by atoms with Gasteiger partial charge in [-0.15, -0.1) is 0 Å². The first-order valence-electron chi connectivity index (χ1n) is 8.90. The number of methoxy groups -OCH3 is 2. The smallest absolute Gasteiger partial charge is 0.279 e. The van der Waals surface area contributed by atoms with Crippen molar-refractivity contribution in [2.24, 2.45) is 4.99 Å². The van der Waals surface area contributed by atoms with Crippen LogP contribution in [0.15, 0.2) is 35.3 Å². The third-order valence-corrected chi connectivity index (χ3v) is 5.62. The Morgan fingerprint density at radius 1 is 1.11 bits per heavy atom. The summed E-state index contributed by atoms with van der Waals surface area (Å²) in [5.41, 5.74) is 4.03. The van der Waals surface area contributed by atoms with Crippen LogP contribution >= 0.6 is 11.3 Å². The SMILES string of the molecule is CCCn1c(=NC(=O)c2ccc(OC)c(OC)c2)sc2c(C)cc(C)cc21. The Kier molecular flexibility index (Phi) is 5.65. The van der Waals surface area contributed by atoms with Crippen LogP contribution in [0.1, 0.15) is 34.8 Å². The van der Waals surface area contributed by atoms with Gasteiger partial charge in [0.1, 0.15) is 0 Å². The van der Waals surface area contributed by atoms with Gasteiger partial charge in [-0.05, 0) is 55.7 Å². The van der Waals surface area contributed by atoms with E-state index in [4.69, 9.17) is 9.47 Å². The number of carbonyl (C=O) groups excluding carboxylic acids is 1. The molecule has 0 aliphatic rings. The molecule has 142 valence electrons. The van der Waals surface area contributed by atoms with Gasteiger partial charge in [-0.25, -0.2) is 0 Å². The zero-order valence-electron chi connectivity index (χ0n) is 16.3. The fourth-order valence-electron chi connectivity index (χ4n) is 3.16. The lowest BCUT2D eigenvalue weighted by Crippen LogP contribution is -2.17. The molecule has 2 aromatic carbocycles. The van der Waals surface area contributed by atoms with Crippen LogP contribution in [0.4, 0.5) is 0 Å². The molecule has 3 aromatic rings. The van der Waals surface area contributed by atoms with Crippen molar-refractivity contribution in [2.75, 3.05) is 14.2 Å². The van der Waals surface area contributed by atoms with Crippen molar-refractivity contribution >= 4 is 27.5 Å². The van der Waals surface area contributed by atoms with Crippen molar-refractivity contribution in [3.63, 3.8) is 0 Å². The van der Waals surface area contributed by atoms with E-state index in [9.17, 15) is 4.79 Å². The van der Waals surface area contributed by atoms with Crippen LogP contribution in [0, 0.1) is 13.8 Å². The molecule has 3 rings (SSSR count). The molecule has 0 N–H and O–H groups in total. The average molecular weight is 385 g/mol. The van der Waals surface area contributed by atoms with Crippen LogP contribution in [0.2, 0.25) is 0 Å². The number of carbonyl (C=O) groups is 1. The van der Waals surface area contributed by atoms with E-state index in [2.05, 4.69) is 42.5 Å². The standard InChI is InChI=1S/C21H24N2O3S/c1-6-9-23-16-11-13(2)10-14(3)19(16)27-21(23)22-20(24)15-7-8-17(25-4)18(12-15)26-5/h7-8,10-12H,6,9H2,1-5H3. The first-order valence-corrected chi connectivity index (χ1v) is 9.71. The number of hydrogen-bond donors (Lipinski definition) is 0. The van der Waals surface area contributed by atoms with Crippen molar-refractivity contribution in [1.82, 2.24) is 4.57 Å². The molecule has 27 heavy (non-hydrogen) atoms. The predicted molar refractivity (Wildman–Crippen MR) is 109 cm³/mol. The fourth-order valence-corrected chi connectivity index (χ4v) is 4.26. The summed E-state index contributed by atoms with van der Waals surface area (Å²) >= 11 is 1.56. The number of aromatic nitrogens is 1. The molecule has 0 spiro atoms. The van der Waals surface area contributed by atoms with E-state index in [-0.39, 0.29) is 5.91 Å². The van der Waals surface area contributed by atoms with Crippen molar-refractivity contribution in [1.29, 1.82) is 0 Å². The Hall–Kier alpha value is -2.60. The zero-order valence-corrected chi connectivity index (χ0v) is 17.1. The van der Waals surface area contributed by atoms with Gasteiger partial charge in [-0.1, -0.05) is 24.3 Å². The van der Waals surface area contributed by atoms with Gasteiger partial charge in [0.05, 0.1) is 24.4 Å². The van der Waals surface area contributed by atoms with E-state index in [1.54, 1.807) is 43.8 Å². The highest BCUT2D eigenvalue weighted by Crippen LogP contribution is 2.28. The summed E-state index contributed by atoms with van der Waals surface area (Å²) in [6.45, 7) is 7.13. The maximum atomic E-state index is 12.8. The molecule has 6 heteroatoms. The topological polar surface area (TPSA) is 52.8 Å². The lowest BCUT2D eigenvalue weighted by Gasteiger charge is -2.08. The van der Waals surface area contributed by atoms with Gasteiger partial charge in [-0.3, -0.25) is 4.79 Å². The Balaban J connectivity index is 2.13. The van der Waals surface area contributed by atoms with Crippen LogP contribution in [0.3, 0.4) is 0 Å². The number of rotatable bonds is 5. The summed E-state index contributed by atoms with van der Waals surface area (Å²) < 4.78 is 13.8. The molecule has 0 saturated carbocycles. The quantitative estimate of drug-likeness (QED) is 0.651.